The average molecular weight is 340 g/mol. The molecule has 25 heavy (non-hydrogen) atoms. The van der Waals surface area contributed by atoms with Crippen molar-refractivity contribution in [3.8, 4) is 0 Å². The molecular formula is C18H20N4O3. The summed E-state index contributed by atoms with van der Waals surface area (Å²) in [6.07, 6.45) is 4.08. The number of pyridine rings is 1. The van der Waals surface area contributed by atoms with E-state index < -0.39 is 5.97 Å². The van der Waals surface area contributed by atoms with Crippen LogP contribution in [0.15, 0.2) is 54.9 Å². The molecule has 7 heteroatoms. The quantitative estimate of drug-likeness (QED) is 0.476. The molecule has 2 rings (SSSR count). The summed E-state index contributed by atoms with van der Waals surface area (Å²) in [5.41, 5.74) is 7.47. The molecule has 7 nitrogen and oxygen atoms in total. The second kappa shape index (κ2) is 8.49. The Bertz CT molecular complexity index is 775. The van der Waals surface area contributed by atoms with E-state index in [1.807, 2.05) is 0 Å². The molecule has 0 fully saturated rings. The van der Waals surface area contributed by atoms with Crippen molar-refractivity contribution in [3.63, 3.8) is 0 Å². The molecule has 0 bridgehead atoms. The third-order valence-electron chi connectivity index (χ3n) is 3.33. The molecular weight excluding hydrogens is 320 g/mol. The van der Waals surface area contributed by atoms with Crippen LogP contribution in [0.1, 0.15) is 17.3 Å². The number of anilines is 3. The lowest BCUT2D eigenvalue weighted by atomic mass is 10.1. The van der Waals surface area contributed by atoms with Gasteiger partial charge in [0.25, 0.3) is 5.91 Å². The van der Waals surface area contributed by atoms with Crippen LogP contribution >= 0.6 is 0 Å². The Morgan fingerprint density at radius 3 is 2.72 bits per heavy atom. The van der Waals surface area contributed by atoms with Crippen molar-refractivity contribution in [2.24, 2.45) is 0 Å². The zero-order valence-electron chi connectivity index (χ0n) is 14.1. The largest absolute Gasteiger partial charge is 0.463 e. The summed E-state index contributed by atoms with van der Waals surface area (Å²) in [6, 6.07) is 10.1. The Balaban J connectivity index is 2.36. The average Bonchev–Trinajstić information content (AvgIpc) is 2.62. The molecule has 0 saturated heterocycles. The minimum Gasteiger partial charge on any atom is -0.463 e. The highest BCUT2D eigenvalue weighted by atomic mass is 16.5. The number of hydrogen-bond donors (Lipinski definition) is 2. The van der Waals surface area contributed by atoms with E-state index in [2.05, 4.69) is 10.3 Å². The molecule has 130 valence electrons. The Labute approximate surface area is 146 Å². The van der Waals surface area contributed by atoms with Crippen LogP contribution < -0.4 is 16.0 Å². The normalized spacial score (nSPS) is 10.5. The molecule has 1 aromatic carbocycles. The Morgan fingerprint density at radius 2 is 2.12 bits per heavy atom. The van der Waals surface area contributed by atoms with Gasteiger partial charge in [-0.1, -0.05) is 6.07 Å². The number of nitrogens with two attached hydrogens (primary N) is 1. The zero-order valence-corrected chi connectivity index (χ0v) is 14.1. The number of nitrogens with zero attached hydrogens (tertiary/aromatic N) is 2. The molecule has 0 spiro atoms. The summed E-state index contributed by atoms with van der Waals surface area (Å²) in [5.74, 6) is -0.529. The topological polar surface area (TPSA) is 97.5 Å². The van der Waals surface area contributed by atoms with Gasteiger partial charge in [0.05, 0.1) is 18.0 Å². The number of aromatic nitrogens is 1. The Hall–Kier alpha value is -3.35. The minimum atomic E-state index is -0.540. The number of rotatable bonds is 6. The molecule has 1 heterocycles. The fourth-order valence-electron chi connectivity index (χ4n) is 2.13. The van der Waals surface area contributed by atoms with Gasteiger partial charge in [-0.3, -0.25) is 9.69 Å². The first-order chi connectivity index (χ1) is 12.1. The number of amides is 1. The van der Waals surface area contributed by atoms with Gasteiger partial charge < -0.3 is 15.8 Å². The van der Waals surface area contributed by atoms with Crippen LogP contribution in [0, 0.1) is 0 Å². The van der Waals surface area contributed by atoms with Gasteiger partial charge in [-0.15, -0.1) is 0 Å². The van der Waals surface area contributed by atoms with Crippen LogP contribution in [0.2, 0.25) is 0 Å². The maximum absolute atomic E-state index is 12.9. The van der Waals surface area contributed by atoms with Crippen LogP contribution in [-0.2, 0) is 9.53 Å². The monoisotopic (exact) mass is 340 g/mol. The van der Waals surface area contributed by atoms with E-state index in [4.69, 9.17) is 10.5 Å². The highest BCUT2D eigenvalue weighted by Crippen LogP contribution is 2.22. The molecule has 0 saturated carbocycles. The second-order valence-corrected chi connectivity index (χ2v) is 4.98. The van der Waals surface area contributed by atoms with E-state index >= 15 is 0 Å². The number of carbonyl (C=O) groups excluding carboxylic acids is 2. The highest BCUT2D eigenvalue weighted by Gasteiger charge is 2.18. The Kier molecular flexibility index (Phi) is 6.11. The molecule has 0 atom stereocenters. The minimum absolute atomic E-state index is 0.253. The van der Waals surface area contributed by atoms with Gasteiger partial charge in [-0.05, 0) is 37.3 Å². The molecule has 0 aliphatic carbocycles. The van der Waals surface area contributed by atoms with Gasteiger partial charge in [0.2, 0.25) is 0 Å². The van der Waals surface area contributed by atoms with Gasteiger partial charge in [0.1, 0.15) is 5.82 Å². The molecule has 0 aliphatic rings. The maximum Gasteiger partial charge on any atom is 0.332 e. The van der Waals surface area contributed by atoms with Crippen molar-refractivity contribution in [2.75, 3.05) is 29.6 Å². The number of esters is 1. The van der Waals surface area contributed by atoms with Gasteiger partial charge in [0, 0.05) is 31.1 Å². The van der Waals surface area contributed by atoms with Crippen LogP contribution in [-0.4, -0.2) is 30.5 Å². The standard InChI is InChI=1S/C18H20N4O3/c1-3-25-17(23)9-11-22(16-6-4-5-10-21-16)18(24)13-7-8-15(20-2)14(19)12-13/h4-12,20H,3,19H2,1-2H3. The maximum atomic E-state index is 12.9. The van der Waals surface area contributed by atoms with Crippen LogP contribution in [0.5, 0.6) is 0 Å². The number of ether oxygens (including phenoxy) is 1. The van der Waals surface area contributed by atoms with Crippen LogP contribution in [0.3, 0.4) is 0 Å². The third-order valence-corrected chi connectivity index (χ3v) is 3.33. The number of nitrogens with one attached hydrogen (secondary N) is 1. The Morgan fingerprint density at radius 1 is 1.32 bits per heavy atom. The second-order valence-electron chi connectivity index (χ2n) is 4.98. The van der Waals surface area contributed by atoms with E-state index in [1.54, 1.807) is 56.6 Å². The van der Waals surface area contributed by atoms with Crippen molar-refractivity contribution >= 4 is 29.1 Å². The van der Waals surface area contributed by atoms with Gasteiger partial charge in [0.15, 0.2) is 0 Å². The molecule has 1 aromatic heterocycles. The van der Waals surface area contributed by atoms with Crippen molar-refractivity contribution in [1.29, 1.82) is 0 Å². The van der Waals surface area contributed by atoms with Crippen LogP contribution in [0.4, 0.5) is 17.2 Å². The summed E-state index contributed by atoms with van der Waals surface area (Å²) in [5, 5.41) is 2.94. The third kappa shape index (κ3) is 4.57. The number of hydrogen-bond acceptors (Lipinski definition) is 6. The predicted molar refractivity (Wildman–Crippen MR) is 97.2 cm³/mol. The van der Waals surface area contributed by atoms with E-state index in [0.717, 1.165) is 5.69 Å². The van der Waals surface area contributed by atoms with Crippen LogP contribution in [0.25, 0.3) is 0 Å². The lowest BCUT2D eigenvalue weighted by Crippen LogP contribution is -2.26. The summed E-state index contributed by atoms with van der Waals surface area (Å²) >= 11 is 0. The van der Waals surface area contributed by atoms with Crippen molar-refractivity contribution in [3.05, 3.63) is 60.4 Å². The molecule has 3 N–H and O–H groups in total. The van der Waals surface area contributed by atoms with Crippen molar-refractivity contribution < 1.29 is 14.3 Å². The van der Waals surface area contributed by atoms with Gasteiger partial charge in [-0.25, -0.2) is 9.78 Å². The summed E-state index contributed by atoms with van der Waals surface area (Å²) < 4.78 is 4.85. The zero-order chi connectivity index (χ0) is 18.2. The molecule has 0 radical (unpaired) electrons. The fraction of sp³-hybridized carbons (Fsp3) is 0.167. The summed E-state index contributed by atoms with van der Waals surface area (Å²) in [6.45, 7) is 1.96. The first-order valence-corrected chi connectivity index (χ1v) is 7.73. The highest BCUT2D eigenvalue weighted by molar-refractivity contribution is 6.08. The number of carbonyl (C=O) groups is 2. The van der Waals surface area contributed by atoms with Crippen molar-refractivity contribution in [1.82, 2.24) is 4.98 Å². The van der Waals surface area contributed by atoms with Crippen molar-refractivity contribution in [2.45, 2.75) is 6.92 Å². The molecule has 2 aromatic rings. The molecule has 0 aliphatic heterocycles. The predicted octanol–water partition coefficient (Wildman–Crippen LogP) is 2.43. The van der Waals surface area contributed by atoms with Gasteiger partial charge in [-0.2, -0.15) is 0 Å². The van der Waals surface area contributed by atoms with E-state index in [9.17, 15) is 9.59 Å². The van der Waals surface area contributed by atoms with E-state index in [1.165, 1.54) is 17.2 Å². The first-order valence-electron chi connectivity index (χ1n) is 7.73. The summed E-state index contributed by atoms with van der Waals surface area (Å²) in [7, 11) is 1.75. The van der Waals surface area contributed by atoms with E-state index in [0.29, 0.717) is 17.1 Å². The molecule has 0 unspecified atom stereocenters. The SMILES string of the molecule is CCOC(=O)C=CN(C(=O)c1ccc(NC)c(N)c1)c1ccccn1. The molecule has 1 amide bonds. The number of nitrogen functional groups attached to an aromatic ring is 1. The smallest absolute Gasteiger partial charge is 0.332 e. The summed E-state index contributed by atoms with van der Waals surface area (Å²) in [4.78, 5) is 29.9. The van der Waals surface area contributed by atoms with Gasteiger partial charge >= 0.3 is 5.97 Å². The lowest BCUT2D eigenvalue weighted by Gasteiger charge is -2.18. The van der Waals surface area contributed by atoms with E-state index in [-0.39, 0.29) is 12.5 Å². The number of benzene rings is 1. The fourth-order valence-corrected chi connectivity index (χ4v) is 2.13. The lowest BCUT2D eigenvalue weighted by molar-refractivity contribution is -0.137. The first kappa shape index (κ1) is 18.0.